The Morgan fingerprint density at radius 3 is 1.44 bits per heavy atom. The smallest absolute Gasteiger partial charge is 0.0234 e. The predicted octanol–water partition coefficient (Wildman–Crippen LogP) is 3.98. The Morgan fingerprint density at radius 1 is 0.750 bits per heavy atom. The molecule has 0 aliphatic rings. The Balaban J connectivity index is 2.93. The van der Waals surface area contributed by atoms with Crippen LogP contribution in [-0.4, -0.2) is 24.6 Å². The van der Waals surface area contributed by atoms with Gasteiger partial charge in [0.05, 0.1) is 0 Å². The van der Waals surface area contributed by atoms with Gasteiger partial charge < -0.3 is 0 Å². The van der Waals surface area contributed by atoms with Crippen molar-refractivity contribution in [2.24, 2.45) is 0 Å². The average molecular weight is 254 g/mol. The first-order valence-electron chi connectivity index (χ1n) is 6.36. The Hall–Kier alpha value is 0.0800. The van der Waals surface area contributed by atoms with Gasteiger partial charge in [-0.3, -0.25) is 0 Å². The van der Waals surface area contributed by atoms with E-state index in [1.807, 2.05) is 0 Å². The molecular weight excluding hydrogens is 230 g/mol. The molecular formula is C14H24P2. The van der Waals surface area contributed by atoms with Crippen LogP contribution in [0, 0.1) is 0 Å². The molecule has 0 fully saturated rings. The Kier molecular flexibility index (Phi) is 6.55. The van der Waals surface area contributed by atoms with Crippen molar-refractivity contribution in [1.82, 2.24) is 0 Å². The minimum absolute atomic E-state index is 0.108. The Bertz CT molecular complexity index is 274. The van der Waals surface area contributed by atoms with Crippen molar-refractivity contribution < 1.29 is 0 Å². The van der Waals surface area contributed by atoms with Crippen molar-refractivity contribution in [3.63, 3.8) is 0 Å². The number of benzene rings is 1. The second-order valence-corrected chi connectivity index (χ2v) is 9.59. The van der Waals surface area contributed by atoms with Gasteiger partial charge in [-0.25, -0.2) is 0 Å². The van der Waals surface area contributed by atoms with E-state index < -0.39 is 0 Å². The van der Waals surface area contributed by atoms with E-state index in [4.69, 9.17) is 0 Å². The standard InChI is InChI=1S/C14H24P2/c1-5-15(6-2)13-10-9-11-14(12-13)16(7-3)8-4/h9-12H,5-8H2,1-4H3. The van der Waals surface area contributed by atoms with Crippen molar-refractivity contribution in [1.29, 1.82) is 0 Å². The summed E-state index contributed by atoms with van der Waals surface area (Å²) in [6.45, 7) is 9.29. The van der Waals surface area contributed by atoms with E-state index in [0.29, 0.717) is 0 Å². The SMILES string of the molecule is CCP(CC)c1cccc(P(CC)CC)c1. The molecule has 0 atom stereocenters. The maximum atomic E-state index is 2.50. The minimum Gasteiger partial charge on any atom is -0.0758 e. The molecule has 16 heavy (non-hydrogen) atoms. The molecule has 0 nitrogen and oxygen atoms in total. The molecule has 0 aromatic heterocycles. The third-order valence-corrected chi connectivity index (χ3v) is 8.16. The van der Waals surface area contributed by atoms with Crippen molar-refractivity contribution in [2.75, 3.05) is 24.6 Å². The molecule has 0 saturated carbocycles. The van der Waals surface area contributed by atoms with Gasteiger partial charge in [0.15, 0.2) is 0 Å². The summed E-state index contributed by atoms with van der Waals surface area (Å²) in [5.41, 5.74) is 0. The third-order valence-electron chi connectivity index (χ3n) is 3.09. The third kappa shape index (κ3) is 3.54. The van der Waals surface area contributed by atoms with Gasteiger partial charge in [-0.15, -0.1) is 0 Å². The maximum absolute atomic E-state index is 2.50. The quantitative estimate of drug-likeness (QED) is 0.674. The van der Waals surface area contributed by atoms with Crippen molar-refractivity contribution in [3.05, 3.63) is 24.3 Å². The summed E-state index contributed by atoms with van der Waals surface area (Å²) in [7, 11) is 0.216. The van der Waals surface area contributed by atoms with Crippen LogP contribution in [0.3, 0.4) is 0 Å². The zero-order valence-electron chi connectivity index (χ0n) is 11.0. The highest BCUT2D eigenvalue weighted by Gasteiger charge is 2.10. The summed E-state index contributed by atoms with van der Waals surface area (Å²) >= 11 is 0. The highest BCUT2D eigenvalue weighted by Crippen LogP contribution is 2.36. The van der Waals surface area contributed by atoms with Crippen LogP contribution in [0.4, 0.5) is 0 Å². The number of hydrogen-bond donors (Lipinski definition) is 0. The summed E-state index contributed by atoms with van der Waals surface area (Å²) in [5.74, 6) is 0. The first-order valence-corrected chi connectivity index (χ1v) is 9.79. The molecule has 0 N–H and O–H groups in total. The minimum atomic E-state index is 0.108. The lowest BCUT2D eigenvalue weighted by Gasteiger charge is -2.18. The fourth-order valence-electron chi connectivity index (χ4n) is 2.06. The topological polar surface area (TPSA) is 0 Å². The molecule has 1 aromatic rings. The van der Waals surface area contributed by atoms with Gasteiger partial charge in [-0.1, -0.05) is 61.7 Å². The van der Waals surface area contributed by atoms with Crippen LogP contribution in [0.5, 0.6) is 0 Å². The van der Waals surface area contributed by atoms with Gasteiger partial charge in [0.1, 0.15) is 0 Å². The predicted molar refractivity (Wildman–Crippen MR) is 81.7 cm³/mol. The Morgan fingerprint density at radius 2 is 1.12 bits per heavy atom. The van der Waals surface area contributed by atoms with Gasteiger partial charge >= 0.3 is 0 Å². The van der Waals surface area contributed by atoms with Crippen LogP contribution in [-0.2, 0) is 0 Å². The van der Waals surface area contributed by atoms with Gasteiger partial charge in [-0.2, -0.15) is 0 Å². The lowest BCUT2D eigenvalue weighted by atomic mass is 10.4. The molecule has 2 heteroatoms. The lowest BCUT2D eigenvalue weighted by molar-refractivity contribution is 1.42. The fourth-order valence-corrected chi connectivity index (χ4v) is 5.76. The van der Waals surface area contributed by atoms with Crippen molar-refractivity contribution in [2.45, 2.75) is 27.7 Å². The van der Waals surface area contributed by atoms with Crippen LogP contribution in [0.25, 0.3) is 0 Å². The molecule has 0 radical (unpaired) electrons. The van der Waals surface area contributed by atoms with E-state index in [9.17, 15) is 0 Å². The molecule has 0 unspecified atom stereocenters. The van der Waals surface area contributed by atoms with Gasteiger partial charge in [0.25, 0.3) is 0 Å². The van der Waals surface area contributed by atoms with E-state index in [-0.39, 0.29) is 15.8 Å². The molecule has 0 aliphatic heterocycles. The van der Waals surface area contributed by atoms with Crippen molar-refractivity contribution >= 4 is 26.5 Å². The second-order valence-electron chi connectivity index (χ2n) is 3.86. The first-order chi connectivity index (χ1) is 7.76. The molecule has 0 spiro atoms. The lowest BCUT2D eigenvalue weighted by Crippen LogP contribution is -2.13. The van der Waals surface area contributed by atoms with E-state index in [1.165, 1.54) is 24.6 Å². The number of rotatable bonds is 6. The highest BCUT2D eigenvalue weighted by molar-refractivity contribution is 7.67. The summed E-state index contributed by atoms with van der Waals surface area (Å²) in [6, 6.07) is 9.44. The molecule has 0 aliphatic carbocycles. The van der Waals surface area contributed by atoms with E-state index in [1.54, 1.807) is 10.6 Å². The zero-order valence-corrected chi connectivity index (χ0v) is 12.8. The van der Waals surface area contributed by atoms with Crippen molar-refractivity contribution in [3.8, 4) is 0 Å². The molecule has 0 heterocycles. The summed E-state index contributed by atoms with van der Waals surface area (Å²) in [4.78, 5) is 0. The van der Waals surface area contributed by atoms with Gasteiger partial charge in [0.2, 0.25) is 0 Å². The van der Waals surface area contributed by atoms with E-state index in [0.717, 1.165) is 0 Å². The van der Waals surface area contributed by atoms with Gasteiger partial charge in [-0.05, 0) is 41.3 Å². The molecule has 0 bridgehead atoms. The molecule has 1 aromatic carbocycles. The second kappa shape index (κ2) is 7.41. The van der Waals surface area contributed by atoms with Crippen LogP contribution < -0.4 is 10.6 Å². The monoisotopic (exact) mass is 254 g/mol. The van der Waals surface area contributed by atoms with Gasteiger partial charge in [0, 0.05) is 0 Å². The first kappa shape index (κ1) is 14.1. The fraction of sp³-hybridized carbons (Fsp3) is 0.571. The van der Waals surface area contributed by atoms with E-state index in [2.05, 4.69) is 52.0 Å². The maximum Gasteiger partial charge on any atom is -0.0234 e. The highest BCUT2D eigenvalue weighted by atomic mass is 31.1. The summed E-state index contributed by atoms with van der Waals surface area (Å²) in [5, 5.41) is 3.24. The molecule has 90 valence electrons. The number of hydrogen-bond acceptors (Lipinski definition) is 0. The Labute approximate surface area is 103 Å². The van der Waals surface area contributed by atoms with Crippen LogP contribution in [0.1, 0.15) is 27.7 Å². The van der Waals surface area contributed by atoms with Crippen LogP contribution >= 0.6 is 15.8 Å². The summed E-state index contributed by atoms with van der Waals surface area (Å²) in [6.07, 6.45) is 5.30. The van der Waals surface area contributed by atoms with Crippen LogP contribution in [0.2, 0.25) is 0 Å². The molecule has 1 rings (SSSR count). The largest absolute Gasteiger partial charge is 0.0758 e. The summed E-state index contributed by atoms with van der Waals surface area (Å²) < 4.78 is 0. The van der Waals surface area contributed by atoms with E-state index >= 15 is 0 Å². The van der Waals surface area contributed by atoms with Crippen LogP contribution in [0.15, 0.2) is 24.3 Å². The normalized spacial score (nSPS) is 11.4. The zero-order chi connectivity index (χ0) is 12.0. The molecule has 0 amide bonds. The molecule has 0 saturated heterocycles. The average Bonchev–Trinajstić information content (AvgIpc) is 2.33.